The highest BCUT2D eigenvalue weighted by Gasteiger charge is 2.28. The number of phenolic OH excluding ortho intramolecular Hbond substituents is 2. The number of aromatic hydroxyl groups is 2. The summed E-state index contributed by atoms with van der Waals surface area (Å²) in [6.07, 6.45) is 0. The van der Waals surface area contributed by atoms with Crippen LogP contribution in [0.25, 0.3) is 0 Å². The fraction of sp³-hybridized carbons (Fsp3) is 0.571. The zero-order chi connectivity index (χ0) is 24.2. The zero-order valence-electron chi connectivity index (χ0n) is 21.7. The quantitative estimate of drug-likeness (QED) is 0.515. The summed E-state index contributed by atoms with van der Waals surface area (Å²) in [5, 5.41) is 27.1. The molecule has 3 nitrogen and oxygen atoms in total. The molecule has 0 saturated heterocycles. The molecule has 0 saturated carbocycles. The van der Waals surface area contributed by atoms with Gasteiger partial charge in [0.15, 0.2) is 0 Å². The standard InChI is InChI=1S/C28H42NO2/c1-25(2,3)17-13-19(27(7,8)9)23(30)21(15-17)29-22-16-18(26(4,5)6)14-20(24(22)31)28(10,11)12/h13-16,30-31H,1-12H3. The van der Waals surface area contributed by atoms with Crippen molar-refractivity contribution in [1.29, 1.82) is 0 Å². The van der Waals surface area contributed by atoms with Crippen LogP contribution in [0.2, 0.25) is 0 Å². The van der Waals surface area contributed by atoms with Gasteiger partial charge in [-0.3, -0.25) is 0 Å². The molecule has 3 heteroatoms. The van der Waals surface area contributed by atoms with Crippen molar-refractivity contribution in [3.05, 3.63) is 46.5 Å². The lowest BCUT2D eigenvalue weighted by Gasteiger charge is -2.29. The number of benzene rings is 2. The predicted molar refractivity (Wildman–Crippen MR) is 132 cm³/mol. The van der Waals surface area contributed by atoms with Crippen molar-refractivity contribution in [2.45, 2.75) is 105 Å². The first kappa shape index (κ1) is 25.1. The monoisotopic (exact) mass is 424 g/mol. The van der Waals surface area contributed by atoms with Crippen molar-refractivity contribution in [1.82, 2.24) is 5.32 Å². The van der Waals surface area contributed by atoms with E-state index in [-0.39, 0.29) is 33.2 Å². The molecule has 0 aromatic heterocycles. The molecule has 2 aromatic carbocycles. The van der Waals surface area contributed by atoms with Crippen LogP contribution in [0.5, 0.6) is 11.5 Å². The van der Waals surface area contributed by atoms with Crippen molar-refractivity contribution in [3.63, 3.8) is 0 Å². The van der Waals surface area contributed by atoms with Gasteiger partial charge in [-0.1, -0.05) is 95.2 Å². The molecule has 0 spiro atoms. The molecule has 1 radical (unpaired) electrons. The van der Waals surface area contributed by atoms with Crippen LogP contribution in [0.3, 0.4) is 0 Å². The van der Waals surface area contributed by atoms with Gasteiger partial charge in [-0.2, -0.15) is 0 Å². The van der Waals surface area contributed by atoms with E-state index in [9.17, 15) is 10.2 Å². The first-order chi connectivity index (χ1) is 13.7. The van der Waals surface area contributed by atoms with Gasteiger partial charge in [-0.05, 0) is 44.9 Å². The smallest absolute Gasteiger partial charge is 0.144 e. The second-order valence-electron chi connectivity index (χ2n) is 12.9. The second kappa shape index (κ2) is 7.76. The maximum Gasteiger partial charge on any atom is 0.144 e. The molecule has 0 heterocycles. The van der Waals surface area contributed by atoms with E-state index in [4.69, 9.17) is 5.32 Å². The molecule has 0 amide bonds. The third-order valence-corrected chi connectivity index (χ3v) is 5.77. The summed E-state index contributed by atoms with van der Waals surface area (Å²) < 4.78 is 0. The second-order valence-corrected chi connectivity index (χ2v) is 12.9. The highest BCUT2D eigenvalue weighted by atomic mass is 16.3. The lowest BCUT2D eigenvalue weighted by molar-refractivity contribution is 0.439. The fourth-order valence-corrected chi connectivity index (χ4v) is 3.55. The average molecular weight is 425 g/mol. The van der Waals surface area contributed by atoms with E-state index >= 15 is 0 Å². The number of hydrogen-bond acceptors (Lipinski definition) is 2. The van der Waals surface area contributed by atoms with E-state index in [1.165, 1.54) is 0 Å². The van der Waals surface area contributed by atoms with Crippen LogP contribution in [0, 0.1) is 0 Å². The summed E-state index contributed by atoms with van der Waals surface area (Å²) in [6.45, 7) is 25.5. The number of hydrogen-bond donors (Lipinski definition) is 2. The lowest BCUT2D eigenvalue weighted by atomic mass is 9.79. The van der Waals surface area contributed by atoms with Crippen molar-refractivity contribution in [2.24, 2.45) is 0 Å². The van der Waals surface area contributed by atoms with Crippen LogP contribution >= 0.6 is 0 Å². The van der Waals surface area contributed by atoms with Crippen LogP contribution in [0.4, 0.5) is 11.4 Å². The molecule has 2 rings (SSSR count). The molecule has 0 unspecified atom stereocenters. The van der Waals surface area contributed by atoms with Crippen LogP contribution in [0.1, 0.15) is 105 Å². The largest absolute Gasteiger partial charge is 0.505 e. The fourth-order valence-electron chi connectivity index (χ4n) is 3.55. The predicted octanol–water partition coefficient (Wildman–Crippen LogP) is 7.86. The Labute approximate surface area is 189 Å². The van der Waals surface area contributed by atoms with E-state index in [2.05, 4.69) is 95.2 Å². The molecule has 31 heavy (non-hydrogen) atoms. The molecule has 0 atom stereocenters. The molecule has 0 aliphatic rings. The Bertz CT molecular complexity index is 879. The third-order valence-electron chi connectivity index (χ3n) is 5.77. The number of nitrogens with zero attached hydrogens (tertiary/aromatic N) is 1. The summed E-state index contributed by atoms with van der Waals surface area (Å²) in [5.74, 6) is 0.358. The minimum absolute atomic E-state index is 0.0934. The Morgan fingerprint density at radius 1 is 0.484 bits per heavy atom. The lowest BCUT2D eigenvalue weighted by Crippen LogP contribution is -2.18. The summed E-state index contributed by atoms with van der Waals surface area (Å²) in [6, 6.07) is 8.07. The molecule has 0 bridgehead atoms. The van der Waals surface area contributed by atoms with E-state index in [0.29, 0.717) is 11.4 Å². The van der Waals surface area contributed by atoms with Gasteiger partial charge in [0.25, 0.3) is 0 Å². The number of phenols is 2. The van der Waals surface area contributed by atoms with Crippen molar-refractivity contribution in [3.8, 4) is 11.5 Å². The molecule has 0 aliphatic heterocycles. The Kier molecular flexibility index (Phi) is 6.28. The molecular weight excluding hydrogens is 382 g/mol. The maximum atomic E-state index is 11.1. The van der Waals surface area contributed by atoms with E-state index in [1.54, 1.807) is 0 Å². The maximum absolute atomic E-state index is 11.1. The highest BCUT2D eigenvalue weighted by Crippen LogP contribution is 2.45. The van der Waals surface area contributed by atoms with Gasteiger partial charge in [0, 0.05) is 11.1 Å². The summed E-state index contributed by atoms with van der Waals surface area (Å²) in [5.41, 5.74) is 4.28. The Balaban J connectivity index is 2.78. The normalized spacial score (nSPS) is 13.4. The van der Waals surface area contributed by atoms with Gasteiger partial charge in [0.05, 0.1) is 0 Å². The first-order valence-electron chi connectivity index (χ1n) is 11.2. The molecule has 0 fully saturated rings. The first-order valence-corrected chi connectivity index (χ1v) is 11.2. The van der Waals surface area contributed by atoms with Gasteiger partial charge in [0.2, 0.25) is 0 Å². The van der Waals surface area contributed by atoms with Crippen LogP contribution in [0.15, 0.2) is 24.3 Å². The van der Waals surface area contributed by atoms with E-state index in [0.717, 1.165) is 22.3 Å². The van der Waals surface area contributed by atoms with Gasteiger partial charge >= 0.3 is 0 Å². The van der Waals surface area contributed by atoms with E-state index in [1.807, 2.05) is 12.1 Å². The van der Waals surface area contributed by atoms with Crippen LogP contribution in [-0.4, -0.2) is 10.2 Å². The zero-order valence-corrected chi connectivity index (χ0v) is 21.7. The Morgan fingerprint density at radius 2 is 0.774 bits per heavy atom. The highest BCUT2D eigenvalue weighted by molar-refractivity contribution is 5.68. The van der Waals surface area contributed by atoms with Crippen molar-refractivity contribution < 1.29 is 10.2 Å². The van der Waals surface area contributed by atoms with Gasteiger partial charge in [-0.15, -0.1) is 0 Å². The minimum atomic E-state index is -0.235. The van der Waals surface area contributed by atoms with Crippen molar-refractivity contribution >= 4 is 11.4 Å². The number of rotatable bonds is 2. The summed E-state index contributed by atoms with van der Waals surface area (Å²) in [4.78, 5) is 0. The Morgan fingerprint density at radius 3 is 1.00 bits per heavy atom. The molecule has 0 aliphatic carbocycles. The van der Waals surface area contributed by atoms with Crippen LogP contribution in [-0.2, 0) is 21.7 Å². The molecule has 2 N–H and O–H groups in total. The van der Waals surface area contributed by atoms with Gasteiger partial charge in [0.1, 0.15) is 22.9 Å². The minimum Gasteiger partial charge on any atom is -0.505 e. The Hall–Kier alpha value is -2.16. The molecule has 171 valence electrons. The average Bonchev–Trinajstić information content (AvgIpc) is 2.53. The van der Waals surface area contributed by atoms with Gasteiger partial charge in [-0.25, -0.2) is 5.32 Å². The third kappa shape index (κ3) is 5.56. The molecular formula is C28H42NO2. The topological polar surface area (TPSA) is 54.6 Å². The van der Waals surface area contributed by atoms with Crippen LogP contribution < -0.4 is 5.32 Å². The van der Waals surface area contributed by atoms with E-state index < -0.39 is 0 Å². The van der Waals surface area contributed by atoms with Crippen molar-refractivity contribution in [2.75, 3.05) is 0 Å². The summed E-state index contributed by atoms with van der Waals surface area (Å²) >= 11 is 0. The summed E-state index contributed by atoms with van der Waals surface area (Å²) in [7, 11) is 0. The van der Waals surface area contributed by atoms with Gasteiger partial charge < -0.3 is 10.2 Å². The SMILES string of the molecule is CC(C)(C)c1cc([N]c2cc(C(C)(C)C)cc(C(C)(C)C)c2O)c(O)c(C(C)(C)C)c1. The molecule has 2 aromatic rings.